The number of rotatable bonds is 5. The number of hydrogen-bond donors (Lipinski definition) is 2. The molecule has 0 spiro atoms. The molecule has 3 heterocycles. The number of aromatic nitrogens is 2. The van der Waals surface area contributed by atoms with Gasteiger partial charge < -0.3 is 9.42 Å². The molecule has 2 aromatic carbocycles. The number of likely N-dealkylation sites (tertiary alicyclic amines) is 1. The minimum Gasteiger partial charge on any atom is -0.360 e. The zero-order valence-corrected chi connectivity index (χ0v) is 22.0. The van der Waals surface area contributed by atoms with Crippen molar-refractivity contribution in [3.05, 3.63) is 92.6 Å². The van der Waals surface area contributed by atoms with Gasteiger partial charge in [0.25, 0.3) is 17.7 Å². The Balaban J connectivity index is 1.18. The van der Waals surface area contributed by atoms with Crippen LogP contribution in [0.3, 0.4) is 0 Å². The molecule has 1 saturated heterocycles. The minimum atomic E-state index is -0.519. The van der Waals surface area contributed by atoms with Crippen LogP contribution in [-0.2, 0) is 0 Å². The number of nitrogens with one attached hydrogen (secondary N) is 2. The number of piperidine rings is 1. The number of hydrogen-bond acceptors (Lipinski definition) is 7. The van der Waals surface area contributed by atoms with E-state index in [0.29, 0.717) is 42.9 Å². The molecule has 0 radical (unpaired) electrons. The van der Waals surface area contributed by atoms with Crippen LogP contribution in [-0.4, -0.2) is 45.9 Å². The average molecular weight is 550 g/mol. The van der Waals surface area contributed by atoms with Crippen molar-refractivity contribution in [1.29, 1.82) is 0 Å². The molecule has 9 nitrogen and oxygen atoms in total. The van der Waals surface area contributed by atoms with E-state index in [0.717, 1.165) is 10.6 Å². The Bertz CT molecular complexity index is 1480. The Morgan fingerprint density at radius 1 is 1.00 bits per heavy atom. The van der Waals surface area contributed by atoms with Gasteiger partial charge in [0.15, 0.2) is 0 Å². The van der Waals surface area contributed by atoms with Crippen molar-refractivity contribution in [2.24, 2.45) is 0 Å². The quantitative estimate of drug-likeness (QED) is 0.343. The standard InChI is InChI=1S/C27H24ClN5O4S/c1-16-22(23(32-37-16)17-7-3-2-4-8-17)27(36)33-13-11-18(12-14-33)26-29-21(15-38-26)25(35)31-30-24(34)19-9-5-6-10-20(19)28/h2-10,15,18H,11-14H2,1H3,(H,30,34)(H,31,35). The van der Waals surface area contributed by atoms with Crippen molar-refractivity contribution in [1.82, 2.24) is 25.9 Å². The average Bonchev–Trinajstić information content (AvgIpc) is 3.59. The minimum absolute atomic E-state index is 0.102. The van der Waals surface area contributed by atoms with E-state index < -0.39 is 11.8 Å². The van der Waals surface area contributed by atoms with E-state index >= 15 is 0 Å². The van der Waals surface area contributed by atoms with Crippen molar-refractivity contribution < 1.29 is 18.9 Å². The van der Waals surface area contributed by atoms with Gasteiger partial charge in [-0.3, -0.25) is 25.2 Å². The Labute approximate surface area is 227 Å². The molecule has 2 aromatic heterocycles. The molecule has 0 saturated carbocycles. The van der Waals surface area contributed by atoms with E-state index in [4.69, 9.17) is 16.1 Å². The highest BCUT2D eigenvalue weighted by Gasteiger charge is 2.31. The number of aryl methyl sites for hydroxylation is 1. The van der Waals surface area contributed by atoms with Crippen molar-refractivity contribution in [3.63, 3.8) is 0 Å². The summed E-state index contributed by atoms with van der Waals surface area (Å²) in [6, 6.07) is 16.1. The highest BCUT2D eigenvalue weighted by atomic mass is 35.5. The zero-order chi connectivity index (χ0) is 26.6. The molecule has 2 N–H and O–H groups in total. The summed E-state index contributed by atoms with van der Waals surface area (Å²) in [6.07, 6.45) is 1.43. The van der Waals surface area contributed by atoms with Gasteiger partial charge in [0.1, 0.15) is 22.7 Å². The largest absolute Gasteiger partial charge is 0.360 e. The third-order valence-corrected chi connectivity index (χ3v) is 7.75. The van der Waals surface area contributed by atoms with Crippen molar-refractivity contribution in [2.45, 2.75) is 25.7 Å². The van der Waals surface area contributed by atoms with Gasteiger partial charge in [0.05, 0.1) is 15.6 Å². The predicted octanol–water partition coefficient (Wildman–Crippen LogP) is 4.85. The molecule has 5 rings (SSSR count). The fraction of sp³-hybridized carbons (Fsp3) is 0.222. The summed E-state index contributed by atoms with van der Waals surface area (Å²) in [6.45, 7) is 2.85. The second-order valence-corrected chi connectivity index (χ2v) is 10.2. The fourth-order valence-electron chi connectivity index (χ4n) is 4.37. The second kappa shape index (κ2) is 11.2. The summed E-state index contributed by atoms with van der Waals surface area (Å²) in [7, 11) is 0. The summed E-state index contributed by atoms with van der Waals surface area (Å²) >= 11 is 7.42. The van der Waals surface area contributed by atoms with E-state index in [9.17, 15) is 14.4 Å². The van der Waals surface area contributed by atoms with Gasteiger partial charge in [-0.1, -0.05) is 59.2 Å². The Morgan fingerprint density at radius 2 is 1.68 bits per heavy atom. The monoisotopic (exact) mass is 549 g/mol. The molecule has 0 aliphatic carbocycles. The lowest BCUT2D eigenvalue weighted by molar-refractivity contribution is 0.0711. The molecule has 3 amide bonds. The fourth-order valence-corrected chi connectivity index (χ4v) is 5.57. The van der Waals surface area contributed by atoms with Crippen LogP contribution in [0, 0.1) is 6.92 Å². The maximum Gasteiger partial charge on any atom is 0.289 e. The van der Waals surface area contributed by atoms with E-state index in [1.165, 1.54) is 11.3 Å². The molecule has 38 heavy (non-hydrogen) atoms. The summed E-state index contributed by atoms with van der Waals surface area (Å²) < 4.78 is 5.37. The molecule has 1 fully saturated rings. The van der Waals surface area contributed by atoms with Gasteiger partial charge in [-0.15, -0.1) is 11.3 Å². The molecule has 4 aromatic rings. The number of amides is 3. The molecular formula is C27H24ClN5O4S. The molecule has 1 aliphatic heterocycles. The predicted molar refractivity (Wildman–Crippen MR) is 143 cm³/mol. The number of thiazole rings is 1. The summed E-state index contributed by atoms with van der Waals surface area (Å²) in [5, 5.41) is 6.91. The van der Waals surface area contributed by atoms with Crippen LogP contribution >= 0.6 is 22.9 Å². The van der Waals surface area contributed by atoms with Crippen LogP contribution in [0.15, 0.2) is 64.5 Å². The van der Waals surface area contributed by atoms with Crippen LogP contribution < -0.4 is 10.9 Å². The van der Waals surface area contributed by atoms with Crippen molar-refractivity contribution >= 4 is 40.7 Å². The number of nitrogens with zero attached hydrogens (tertiary/aromatic N) is 3. The van der Waals surface area contributed by atoms with E-state index in [1.807, 2.05) is 35.2 Å². The van der Waals surface area contributed by atoms with E-state index in [2.05, 4.69) is 21.0 Å². The maximum atomic E-state index is 13.4. The lowest BCUT2D eigenvalue weighted by Crippen LogP contribution is -2.42. The zero-order valence-electron chi connectivity index (χ0n) is 20.4. The molecule has 11 heteroatoms. The number of carbonyl (C=O) groups excluding carboxylic acids is 3. The summed E-state index contributed by atoms with van der Waals surface area (Å²) in [4.78, 5) is 44.5. The topological polar surface area (TPSA) is 117 Å². The smallest absolute Gasteiger partial charge is 0.289 e. The Kier molecular flexibility index (Phi) is 7.52. The number of hydrazine groups is 1. The molecule has 194 valence electrons. The number of benzene rings is 2. The third-order valence-electron chi connectivity index (χ3n) is 6.42. The SMILES string of the molecule is Cc1onc(-c2ccccc2)c1C(=O)N1CCC(c2nc(C(=O)NNC(=O)c3ccccc3Cl)cs2)CC1. The summed E-state index contributed by atoms with van der Waals surface area (Å²) in [5.74, 6) is -0.519. The number of halogens is 1. The first-order chi connectivity index (χ1) is 18.4. The van der Waals surface area contributed by atoms with Crippen LogP contribution in [0.1, 0.15) is 60.7 Å². The normalized spacial score (nSPS) is 13.8. The second-order valence-electron chi connectivity index (χ2n) is 8.85. The van der Waals surface area contributed by atoms with Gasteiger partial charge in [0, 0.05) is 30.0 Å². The first kappa shape index (κ1) is 25.6. The van der Waals surface area contributed by atoms with Gasteiger partial charge in [0.2, 0.25) is 0 Å². The van der Waals surface area contributed by atoms with Crippen LogP contribution in [0.4, 0.5) is 0 Å². The molecule has 0 bridgehead atoms. The Morgan fingerprint density at radius 3 is 2.42 bits per heavy atom. The highest BCUT2D eigenvalue weighted by Crippen LogP contribution is 2.32. The highest BCUT2D eigenvalue weighted by molar-refractivity contribution is 7.09. The van der Waals surface area contributed by atoms with E-state index in [1.54, 1.807) is 36.6 Å². The van der Waals surface area contributed by atoms with E-state index in [-0.39, 0.29) is 28.1 Å². The van der Waals surface area contributed by atoms with Gasteiger partial charge >= 0.3 is 0 Å². The molecule has 0 unspecified atom stereocenters. The number of carbonyl (C=O) groups is 3. The summed E-state index contributed by atoms with van der Waals surface area (Å²) in [5.41, 5.74) is 7.09. The lowest BCUT2D eigenvalue weighted by Gasteiger charge is -2.31. The van der Waals surface area contributed by atoms with Gasteiger partial charge in [-0.05, 0) is 31.9 Å². The van der Waals surface area contributed by atoms with Crippen LogP contribution in [0.2, 0.25) is 5.02 Å². The van der Waals surface area contributed by atoms with Gasteiger partial charge in [-0.2, -0.15) is 0 Å². The Hall–Kier alpha value is -4.02. The van der Waals surface area contributed by atoms with Crippen LogP contribution in [0.5, 0.6) is 0 Å². The lowest BCUT2D eigenvalue weighted by atomic mass is 9.96. The van der Waals surface area contributed by atoms with Gasteiger partial charge in [-0.25, -0.2) is 4.98 Å². The third kappa shape index (κ3) is 5.32. The van der Waals surface area contributed by atoms with Crippen LogP contribution in [0.25, 0.3) is 11.3 Å². The maximum absolute atomic E-state index is 13.4. The molecule has 0 atom stereocenters. The van der Waals surface area contributed by atoms with Crippen molar-refractivity contribution in [2.75, 3.05) is 13.1 Å². The first-order valence-electron chi connectivity index (χ1n) is 12.0. The molecular weight excluding hydrogens is 526 g/mol. The first-order valence-corrected chi connectivity index (χ1v) is 13.3. The molecule has 1 aliphatic rings. The van der Waals surface area contributed by atoms with Crippen molar-refractivity contribution in [3.8, 4) is 11.3 Å².